The zero-order valence-corrected chi connectivity index (χ0v) is 8.55. The molecule has 0 amide bonds. The monoisotopic (exact) mass is 194 g/mol. The van der Waals surface area contributed by atoms with E-state index in [0.717, 1.165) is 5.56 Å². The molecule has 1 N–H and O–H groups in total. The van der Waals surface area contributed by atoms with Crippen LogP contribution < -0.4 is 0 Å². The SMILES string of the molecule is CCC(=N)N(C)Cc1cccc(F)c1. The second-order valence-corrected chi connectivity index (χ2v) is 3.29. The summed E-state index contributed by atoms with van der Waals surface area (Å²) in [5.74, 6) is 0.341. The van der Waals surface area contributed by atoms with Crippen molar-refractivity contribution >= 4 is 5.84 Å². The highest BCUT2D eigenvalue weighted by atomic mass is 19.1. The van der Waals surface area contributed by atoms with Crippen LogP contribution in [0.3, 0.4) is 0 Å². The van der Waals surface area contributed by atoms with E-state index in [2.05, 4.69) is 0 Å². The molecule has 2 nitrogen and oxygen atoms in total. The summed E-state index contributed by atoms with van der Waals surface area (Å²) >= 11 is 0. The standard InChI is InChI=1S/C11H15FN2/c1-3-11(13)14(2)8-9-5-4-6-10(12)7-9/h4-7,13H,3,8H2,1-2H3. The van der Waals surface area contributed by atoms with Gasteiger partial charge >= 0.3 is 0 Å². The average molecular weight is 194 g/mol. The lowest BCUT2D eigenvalue weighted by molar-refractivity contribution is 0.484. The molecule has 0 bridgehead atoms. The van der Waals surface area contributed by atoms with Gasteiger partial charge in [0.05, 0.1) is 5.84 Å². The van der Waals surface area contributed by atoms with Gasteiger partial charge in [-0.3, -0.25) is 5.41 Å². The van der Waals surface area contributed by atoms with Crippen LogP contribution in [0.1, 0.15) is 18.9 Å². The molecular formula is C11H15FN2. The van der Waals surface area contributed by atoms with Crippen molar-refractivity contribution in [2.75, 3.05) is 7.05 Å². The van der Waals surface area contributed by atoms with Crippen LogP contribution in [0.5, 0.6) is 0 Å². The van der Waals surface area contributed by atoms with Gasteiger partial charge in [0.1, 0.15) is 5.82 Å². The molecule has 0 saturated carbocycles. The van der Waals surface area contributed by atoms with Crippen molar-refractivity contribution < 1.29 is 4.39 Å². The first-order valence-electron chi connectivity index (χ1n) is 4.66. The van der Waals surface area contributed by atoms with Crippen molar-refractivity contribution in [3.8, 4) is 0 Å². The quantitative estimate of drug-likeness (QED) is 0.581. The zero-order valence-electron chi connectivity index (χ0n) is 8.55. The molecule has 0 aliphatic rings. The van der Waals surface area contributed by atoms with Crippen molar-refractivity contribution in [2.45, 2.75) is 19.9 Å². The van der Waals surface area contributed by atoms with Crippen molar-refractivity contribution in [1.29, 1.82) is 5.41 Å². The summed E-state index contributed by atoms with van der Waals surface area (Å²) in [6, 6.07) is 6.48. The number of nitrogens with one attached hydrogen (secondary N) is 1. The van der Waals surface area contributed by atoms with Gasteiger partial charge < -0.3 is 4.90 Å². The number of halogens is 1. The Morgan fingerprint density at radius 1 is 1.50 bits per heavy atom. The number of hydrogen-bond acceptors (Lipinski definition) is 1. The van der Waals surface area contributed by atoms with Crippen molar-refractivity contribution in [3.05, 3.63) is 35.6 Å². The molecule has 1 rings (SSSR count). The lowest BCUT2D eigenvalue weighted by Crippen LogP contribution is -2.24. The maximum absolute atomic E-state index is 12.8. The van der Waals surface area contributed by atoms with Gasteiger partial charge in [-0.1, -0.05) is 19.1 Å². The lowest BCUT2D eigenvalue weighted by Gasteiger charge is -2.18. The van der Waals surface area contributed by atoms with Gasteiger partial charge in [0.25, 0.3) is 0 Å². The van der Waals surface area contributed by atoms with Crippen molar-refractivity contribution in [3.63, 3.8) is 0 Å². The second kappa shape index (κ2) is 4.74. The Morgan fingerprint density at radius 2 is 2.21 bits per heavy atom. The fourth-order valence-electron chi connectivity index (χ4n) is 1.27. The summed E-state index contributed by atoms with van der Waals surface area (Å²) in [5.41, 5.74) is 0.894. The van der Waals surface area contributed by atoms with Crippen LogP contribution in [0.2, 0.25) is 0 Å². The van der Waals surface area contributed by atoms with E-state index in [0.29, 0.717) is 18.8 Å². The summed E-state index contributed by atoms with van der Waals surface area (Å²) < 4.78 is 12.8. The molecule has 0 saturated heterocycles. The van der Waals surface area contributed by atoms with Crippen LogP contribution in [0.15, 0.2) is 24.3 Å². The van der Waals surface area contributed by atoms with E-state index in [1.165, 1.54) is 12.1 Å². The summed E-state index contributed by atoms with van der Waals surface area (Å²) in [4.78, 5) is 1.81. The molecule has 1 aromatic carbocycles. The molecule has 0 aromatic heterocycles. The molecule has 1 aromatic rings. The van der Waals surface area contributed by atoms with Gasteiger partial charge in [0.15, 0.2) is 0 Å². The number of rotatable bonds is 3. The topological polar surface area (TPSA) is 27.1 Å². The smallest absolute Gasteiger partial charge is 0.123 e. The Bertz CT molecular complexity index is 323. The summed E-state index contributed by atoms with van der Waals surface area (Å²) in [5, 5.41) is 7.58. The summed E-state index contributed by atoms with van der Waals surface area (Å²) in [6.45, 7) is 2.52. The second-order valence-electron chi connectivity index (χ2n) is 3.29. The van der Waals surface area contributed by atoms with Gasteiger partial charge in [-0.05, 0) is 17.7 Å². The molecule has 0 radical (unpaired) electrons. The molecular weight excluding hydrogens is 179 g/mol. The van der Waals surface area contributed by atoms with Crippen molar-refractivity contribution in [2.24, 2.45) is 0 Å². The largest absolute Gasteiger partial charge is 0.359 e. The Morgan fingerprint density at radius 3 is 2.79 bits per heavy atom. The van der Waals surface area contributed by atoms with Gasteiger partial charge in [-0.15, -0.1) is 0 Å². The van der Waals surface area contributed by atoms with Crippen LogP contribution in [-0.4, -0.2) is 17.8 Å². The Labute approximate surface area is 83.9 Å². The number of amidine groups is 1. The molecule has 0 spiro atoms. The number of hydrogen-bond donors (Lipinski definition) is 1. The summed E-state index contributed by atoms with van der Waals surface area (Å²) in [6.07, 6.45) is 0.700. The molecule has 0 heterocycles. The van der Waals surface area contributed by atoms with Gasteiger partial charge in [-0.2, -0.15) is 0 Å². The first-order chi connectivity index (χ1) is 6.63. The minimum Gasteiger partial charge on any atom is -0.359 e. The lowest BCUT2D eigenvalue weighted by atomic mass is 10.2. The Hall–Kier alpha value is -1.38. The van der Waals surface area contributed by atoms with E-state index in [-0.39, 0.29) is 5.82 Å². The molecule has 0 atom stereocenters. The highest BCUT2D eigenvalue weighted by molar-refractivity contribution is 5.78. The van der Waals surface area contributed by atoms with Gasteiger partial charge in [-0.25, -0.2) is 4.39 Å². The average Bonchev–Trinajstić information content (AvgIpc) is 2.16. The maximum atomic E-state index is 12.8. The van der Waals surface area contributed by atoms with E-state index in [4.69, 9.17) is 5.41 Å². The van der Waals surface area contributed by atoms with Crippen LogP contribution in [0.4, 0.5) is 4.39 Å². The minimum atomic E-state index is -0.223. The van der Waals surface area contributed by atoms with Gasteiger partial charge in [0.2, 0.25) is 0 Å². The zero-order chi connectivity index (χ0) is 10.6. The van der Waals surface area contributed by atoms with E-state index < -0.39 is 0 Å². The third-order valence-electron chi connectivity index (χ3n) is 2.10. The van der Waals surface area contributed by atoms with Crippen LogP contribution >= 0.6 is 0 Å². The Balaban J connectivity index is 2.64. The molecule has 14 heavy (non-hydrogen) atoms. The number of benzene rings is 1. The van der Waals surface area contributed by atoms with E-state index in [1.54, 1.807) is 6.07 Å². The molecule has 0 fully saturated rings. The van der Waals surface area contributed by atoms with Gasteiger partial charge in [0, 0.05) is 20.0 Å². The fraction of sp³-hybridized carbons (Fsp3) is 0.364. The maximum Gasteiger partial charge on any atom is 0.123 e. The normalized spacial score (nSPS) is 9.93. The van der Waals surface area contributed by atoms with Crippen LogP contribution in [0, 0.1) is 11.2 Å². The highest BCUT2D eigenvalue weighted by Gasteiger charge is 2.03. The van der Waals surface area contributed by atoms with Crippen LogP contribution in [-0.2, 0) is 6.54 Å². The Kier molecular flexibility index (Phi) is 3.63. The van der Waals surface area contributed by atoms with E-state index >= 15 is 0 Å². The number of nitrogens with zero attached hydrogens (tertiary/aromatic N) is 1. The molecule has 0 aliphatic heterocycles. The third kappa shape index (κ3) is 2.83. The summed E-state index contributed by atoms with van der Waals surface area (Å²) in [7, 11) is 1.84. The first kappa shape index (κ1) is 10.7. The third-order valence-corrected chi connectivity index (χ3v) is 2.10. The molecule has 0 aliphatic carbocycles. The van der Waals surface area contributed by atoms with E-state index in [9.17, 15) is 4.39 Å². The minimum absolute atomic E-state index is 0.223. The molecule has 3 heteroatoms. The predicted molar refractivity (Wildman–Crippen MR) is 55.9 cm³/mol. The molecule has 76 valence electrons. The van der Waals surface area contributed by atoms with Crippen molar-refractivity contribution in [1.82, 2.24) is 4.90 Å². The predicted octanol–water partition coefficient (Wildman–Crippen LogP) is 2.64. The van der Waals surface area contributed by atoms with Crippen LogP contribution in [0.25, 0.3) is 0 Å². The molecule has 0 unspecified atom stereocenters. The first-order valence-corrected chi connectivity index (χ1v) is 4.66. The van der Waals surface area contributed by atoms with E-state index in [1.807, 2.05) is 24.9 Å². The highest BCUT2D eigenvalue weighted by Crippen LogP contribution is 2.06. The fourth-order valence-corrected chi connectivity index (χ4v) is 1.27.